The molecule has 1 aliphatic rings. The van der Waals surface area contributed by atoms with Crippen molar-refractivity contribution in [2.45, 2.75) is 38.9 Å². The molecule has 0 aliphatic carbocycles. The van der Waals surface area contributed by atoms with E-state index in [0.717, 1.165) is 26.1 Å². The molecule has 0 amide bonds. The standard InChI is InChI=1S/C11H23NO2/c1-9-5-10(13)7-12(6-9)8-11(2,3)14-4/h9-10,13H,5-8H2,1-4H3/t9-,10+/m0/s1. The number of likely N-dealkylation sites (tertiary alicyclic amines) is 1. The lowest BCUT2D eigenvalue weighted by Gasteiger charge is -2.38. The second-order valence-corrected chi connectivity index (χ2v) is 5.15. The fourth-order valence-electron chi connectivity index (χ4n) is 2.16. The summed E-state index contributed by atoms with van der Waals surface area (Å²) in [5.41, 5.74) is -0.114. The third-order valence-corrected chi connectivity index (χ3v) is 2.87. The molecule has 0 aromatic rings. The van der Waals surface area contributed by atoms with Gasteiger partial charge in [-0.3, -0.25) is 4.90 Å². The van der Waals surface area contributed by atoms with Crippen LogP contribution in [0.3, 0.4) is 0 Å². The maximum absolute atomic E-state index is 9.64. The predicted octanol–water partition coefficient (Wildman–Crippen LogP) is 1.11. The van der Waals surface area contributed by atoms with Crippen LogP contribution in [0, 0.1) is 5.92 Å². The van der Waals surface area contributed by atoms with Crippen molar-refractivity contribution in [1.29, 1.82) is 0 Å². The molecular formula is C11H23NO2. The molecule has 0 saturated carbocycles. The van der Waals surface area contributed by atoms with Gasteiger partial charge in [0.25, 0.3) is 0 Å². The van der Waals surface area contributed by atoms with E-state index in [-0.39, 0.29) is 11.7 Å². The first-order chi connectivity index (χ1) is 6.43. The molecular weight excluding hydrogens is 178 g/mol. The Bertz CT molecular complexity index is 172. The summed E-state index contributed by atoms with van der Waals surface area (Å²) >= 11 is 0. The highest BCUT2D eigenvalue weighted by Gasteiger charge is 2.27. The van der Waals surface area contributed by atoms with Crippen LogP contribution in [0.1, 0.15) is 27.2 Å². The third-order valence-electron chi connectivity index (χ3n) is 2.87. The zero-order chi connectivity index (χ0) is 10.8. The number of ether oxygens (including phenoxy) is 1. The number of methoxy groups -OCH3 is 1. The van der Waals surface area contributed by atoms with Crippen LogP contribution in [0.25, 0.3) is 0 Å². The number of β-amino-alcohol motifs (C(OH)–C–C–N with tert-alkyl or cyclic N) is 1. The summed E-state index contributed by atoms with van der Waals surface area (Å²) in [6, 6.07) is 0. The van der Waals surface area contributed by atoms with Crippen LogP contribution in [0.15, 0.2) is 0 Å². The lowest BCUT2D eigenvalue weighted by molar-refractivity contribution is -0.0356. The van der Waals surface area contributed by atoms with E-state index in [0.29, 0.717) is 5.92 Å². The lowest BCUT2D eigenvalue weighted by Crippen LogP contribution is -2.48. The molecule has 3 heteroatoms. The van der Waals surface area contributed by atoms with Crippen molar-refractivity contribution >= 4 is 0 Å². The van der Waals surface area contributed by atoms with E-state index in [9.17, 15) is 5.11 Å². The molecule has 0 aromatic heterocycles. The van der Waals surface area contributed by atoms with Gasteiger partial charge in [-0.15, -0.1) is 0 Å². The summed E-state index contributed by atoms with van der Waals surface area (Å²) in [4.78, 5) is 2.29. The largest absolute Gasteiger partial charge is 0.392 e. The molecule has 0 aromatic carbocycles. The van der Waals surface area contributed by atoms with Crippen molar-refractivity contribution in [3.63, 3.8) is 0 Å². The Labute approximate surface area is 87.1 Å². The molecule has 84 valence electrons. The zero-order valence-corrected chi connectivity index (χ0v) is 9.79. The summed E-state index contributed by atoms with van der Waals surface area (Å²) in [5.74, 6) is 0.589. The van der Waals surface area contributed by atoms with E-state index in [1.54, 1.807) is 7.11 Å². The maximum atomic E-state index is 9.64. The molecule has 3 nitrogen and oxygen atoms in total. The van der Waals surface area contributed by atoms with Crippen molar-refractivity contribution in [3.8, 4) is 0 Å². The van der Waals surface area contributed by atoms with Crippen LogP contribution in [0.2, 0.25) is 0 Å². The Morgan fingerprint density at radius 3 is 2.57 bits per heavy atom. The van der Waals surface area contributed by atoms with Crippen LogP contribution in [0.4, 0.5) is 0 Å². The van der Waals surface area contributed by atoms with E-state index in [1.165, 1.54) is 0 Å². The Morgan fingerprint density at radius 2 is 2.07 bits per heavy atom. The minimum atomic E-state index is -0.161. The highest BCUT2D eigenvalue weighted by Crippen LogP contribution is 2.19. The number of hydrogen-bond acceptors (Lipinski definition) is 3. The number of rotatable bonds is 3. The average Bonchev–Trinajstić information content (AvgIpc) is 2.01. The van der Waals surface area contributed by atoms with E-state index in [4.69, 9.17) is 4.74 Å². The van der Waals surface area contributed by atoms with Gasteiger partial charge in [-0.05, 0) is 26.2 Å². The van der Waals surface area contributed by atoms with Crippen LogP contribution in [-0.2, 0) is 4.74 Å². The molecule has 14 heavy (non-hydrogen) atoms. The van der Waals surface area contributed by atoms with Crippen LogP contribution < -0.4 is 0 Å². The van der Waals surface area contributed by atoms with E-state index < -0.39 is 0 Å². The molecule has 0 spiro atoms. The highest BCUT2D eigenvalue weighted by molar-refractivity contribution is 4.81. The van der Waals surface area contributed by atoms with Gasteiger partial charge in [0.05, 0.1) is 11.7 Å². The highest BCUT2D eigenvalue weighted by atomic mass is 16.5. The van der Waals surface area contributed by atoms with Gasteiger partial charge in [-0.1, -0.05) is 6.92 Å². The fraction of sp³-hybridized carbons (Fsp3) is 1.00. The van der Waals surface area contributed by atoms with Gasteiger partial charge in [-0.2, -0.15) is 0 Å². The normalized spacial score (nSPS) is 30.6. The number of piperidine rings is 1. The van der Waals surface area contributed by atoms with E-state index in [1.807, 2.05) is 0 Å². The quantitative estimate of drug-likeness (QED) is 0.742. The Kier molecular flexibility index (Phi) is 3.93. The van der Waals surface area contributed by atoms with Crippen molar-refractivity contribution < 1.29 is 9.84 Å². The molecule has 1 heterocycles. The minimum Gasteiger partial charge on any atom is -0.392 e. The van der Waals surface area contributed by atoms with Crippen molar-refractivity contribution in [2.24, 2.45) is 5.92 Å². The minimum absolute atomic E-state index is 0.114. The SMILES string of the molecule is COC(C)(C)CN1C[C@@H](C)C[C@@H](O)C1. The predicted molar refractivity (Wildman–Crippen MR) is 57.3 cm³/mol. The van der Waals surface area contributed by atoms with Gasteiger partial charge in [0, 0.05) is 26.7 Å². The van der Waals surface area contributed by atoms with Gasteiger partial charge in [-0.25, -0.2) is 0 Å². The Hall–Kier alpha value is -0.120. The third kappa shape index (κ3) is 3.56. The van der Waals surface area contributed by atoms with Crippen molar-refractivity contribution in [1.82, 2.24) is 4.90 Å². The molecule has 1 N–H and O–H groups in total. The smallest absolute Gasteiger partial charge is 0.0749 e. The lowest BCUT2D eigenvalue weighted by atomic mass is 9.96. The van der Waals surface area contributed by atoms with Crippen LogP contribution in [0.5, 0.6) is 0 Å². The summed E-state index contributed by atoms with van der Waals surface area (Å²) in [6.07, 6.45) is 0.774. The van der Waals surface area contributed by atoms with Gasteiger partial charge in [0.15, 0.2) is 0 Å². The monoisotopic (exact) mass is 201 g/mol. The van der Waals surface area contributed by atoms with Gasteiger partial charge < -0.3 is 9.84 Å². The molecule has 1 rings (SSSR count). The number of hydrogen-bond donors (Lipinski definition) is 1. The van der Waals surface area contributed by atoms with Crippen LogP contribution in [-0.4, -0.2) is 48.5 Å². The Morgan fingerprint density at radius 1 is 1.43 bits per heavy atom. The number of aliphatic hydroxyl groups excluding tert-OH is 1. The number of nitrogens with zero attached hydrogens (tertiary/aromatic N) is 1. The van der Waals surface area contributed by atoms with Crippen molar-refractivity contribution in [2.75, 3.05) is 26.7 Å². The summed E-state index contributed by atoms with van der Waals surface area (Å²) in [7, 11) is 1.74. The first kappa shape index (κ1) is 12.0. The molecule has 2 atom stereocenters. The van der Waals surface area contributed by atoms with Crippen molar-refractivity contribution in [3.05, 3.63) is 0 Å². The summed E-state index contributed by atoms with van der Waals surface area (Å²) < 4.78 is 5.39. The molecule has 1 aliphatic heterocycles. The van der Waals surface area contributed by atoms with Gasteiger partial charge in [0.2, 0.25) is 0 Å². The molecule has 0 unspecified atom stereocenters. The van der Waals surface area contributed by atoms with Crippen LogP contribution >= 0.6 is 0 Å². The first-order valence-corrected chi connectivity index (χ1v) is 5.38. The van der Waals surface area contributed by atoms with Gasteiger partial charge >= 0.3 is 0 Å². The second kappa shape index (κ2) is 4.60. The summed E-state index contributed by atoms with van der Waals surface area (Å²) in [6.45, 7) is 9.11. The first-order valence-electron chi connectivity index (χ1n) is 5.38. The second-order valence-electron chi connectivity index (χ2n) is 5.15. The summed E-state index contributed by atoms with van der Waals surface area (Å²) in [5, 5.41) is 9.64. The number of aliphatic hydroxyl groups is 1. The zero-order valence-electron chi connectivity index (χ0n) is 9.79. The topological polar surface area (TPSA) is 32.7 Å². The molecule has 0 bridgehead atoms. The average molecular weight is 201 g/mol. The van der Waals surface area contributed by atoms with Gasteiger partial charge in [0.1, 0.15) is 0 Å². The fourth-order valence-corrected chi connectivity index (χ4v) is 2.16. The molecule has 0 radical (unpaired) electrons. The Balaban J connectivity index is 2.44. The van der Waals surface area contributed by atoms with E-state index >= 15 is 0 Å². The molecule has 1 fully saturated rings. The maximum Gasteiger partial charge on any atom is 0.0749 e. The molecule has 1 saturated heterocycles. The van der Waals surface area contributed by atoms with E-state index in [2.05, 4.69) is 25.7 Å².